The van der Waals surface area contributed by atoms with Gasteiger partial charge in [-0.25, -0.2) is 0 Å². The summed E-state index contributed by atoms with van der Waals surface area (Å²) in [6.07, 6.45) is 5.73. The molecule has 0 aromatic carbocycles. The molecule has 3 nitrogen and oxygen atoms in total. The Kier molecular flexibility index (Phi) is 6.11. The molecule has 2 heterocycles. The minimum atomic E-state index is 0.742. The molecule has 0 saturated carbocycles. The van der Waals surface area contributed by atoms with Gasteiger partial charge in [0, 0.05) is 32.2 Å². The number of nitrogens with zero attached hydrogens (tertiary/aromatic N) is 3. The Morgan fingerprint density at radius 3 is 2.16 bits per heavy atom. The summed E-state index contributed by atoms with van der Waals surface area (Å²) in [6, 6.07) is 0.742. The predicted molar refractivity (Wildman–Crippen MR) is 82.6 cm³/mol. The van der Waals surface area contributed by atoms with Gasteiger partial charge in [-0.3, -0.25) is 0 Å². The maximum atomic E-state index is 2.66. The van der Waals surface area contributed by atoms with Crippen molar-refractivity contribution in [1.82, 2.24) is 14.7 Å². The lowest BCUT2D eigenvalue weighted by molar-refractivity contribution is 0.131. The van der Waals surface area contributed by atoms with Crippen LogP contribution < -0.4 is 0 Å². The second-order valence-electron chi connectivity index (χ2n) is 6.86. The Balaban J connectivity index is 1.54. The van der Waals surface area contributed by atoms with E-state index in [9.17, 15) is 0 Å². The van der Waals surface area contributed by atoms with Gasteiger partial charge in [0.25, 0.3) is 0 Å². The molecule has 0 aromatic rings. The van der Waals surface area contributed by atoms with Crippen molar-refractivity contribution in [3.05, 3.63) is 0 Å². The maximum Gasteiger partial charge on any atom is 0.0110 e. The monoisotopic (exact) mass is 267 g/mol. The fourth-order valence-electron chi connectivity index (χ4n) is 3.43. The molecule has 112 valence electrons. The van der Waals surface area contributed by atoms with Gasteiger partial charge in [-0.05, 0) is 72.1 Å². The summed E-state index contributed by atoms with van der Waals surface area (Å²) in [6.45, 7) is 13.7. The topological polar surface area (TPSA) is 9.72 Å². The van der Waals surface area contributed by atoms with E-state index in [4.69, 9.17) is 0 Å². The summed E-state index contributed by atoms with van der Waals surface area (Å²) in [5, 5.41) is 0. The minimum Gasteiger partial charge on any atom is -0.304 e. The van der Waals surface area contributed by atoms with Crippen molar-refractivity contribution in [3.8, 4) is 0 Å². The van der Waals surface area contributed by atoms with Crippen LogP contribution in [0.1, 0.15) is 39.5 Å². The zero-order valence-electron chi connectivity index (χ0n) is 13.3. The van der Waals surface area contributed by atoms with E-state index >= 15 is 0 Å². The molecule has 0 aromatic heterocycles. The lowest BCUT2D eigenvalue weighted by atomic mass is 9.91. The second kappa shape index (κ2) is 7.61. The van der Waals surface area contributed by atoms with Gasteiger partial charge in [0.2, 0.25) is 0 Å². The number of hydrogen-bond donors (Lipinski definition) is 0. The van der Waals surface area contributed by atoms with E-state index in [1.54, 1.807) is 0 Å². The molecular weight excluding hydrogens is 234 g/mol. The maximum absolute atomic E-state index is 2.66. The standard InChI is InChI=1S/C16H33N3/c1-15(2)19-9-6-16(7-10-19)5-4-8-18-13-11-17(3)12-14-18/h15-16H,4-14H2,1-3H3. The summed E-state index contributed by atoms with van der Waals surface area (Å²) < 4.78 is 0. The number of piperidine rings is 1. The normalized spacial score (nSPS) is 25.3. The first-order valence-electron chi connectivity index (χ1n) is 8.30. The first-order chi connectivity index (χ1) is 9.15. The zero-order valence-corrected chi connectivity index (χ0v) is 13.3. The number of hydrogen-bond acceptors (Lipinski definition) is 3. The average molecular weight is 267 g/mol. The fraction of sp³-hybridized carbons (Fsp3) is 1.00. The molecular formula is C16H33N3. The largest absolute Gasteiger partial charge is 0.304 e. The Morgan fingerprint density at radius 2 is 1.58 bits per heavy atom. The van der Waals surface area contributed by atoms with Crippen molar-refractivity contribution < 1.29 is 0 Å². The smallest absolute Gasteiger partial charge is 0.0110 e. The van der Waals surface area contributed by atoms with Gasteiger partial charge in [-0.2, -0.15) is 0 Å². The lowest BCUT2D eigenvalue weighted by Gasteiger charge is -2.35. The molecule has 0 amide bonds. The van der Waals surface area contributed by atoms with E-state index in [-0.39, 0.29) is 0 Å². The van der Waals surface area contributed by atoms with Gasteiger partial charge in [0.05, 0.1) is 0 Å². The highest BCUT2D eigenvalue weighted by molar-refractivity contribution is 4.75. The third kappa shape index (κ3) is 5.05. The van der Waals surface area contributed by atoms with Gasteiger partial charge in [-0.1, -0.05) is 0 Å². The molecule has 2 rings (SSSR count). The van der Waals surface area contributed by atoms with Gasteiger partial charge in [-0.15, -0.1) is 0 Å². The fourth-order valence-corrected chi connectivity index (χ4v) is 3.43. The van der Waals surface area contributed by atoms with Crippen molar-refractivity contribution in [2.45, 2.75) is 45.6 Å². The second-order valence-corrected chi connectivity index (χ2v) is 6.86. The molecule has 0 aliphatic carbocycles. The van der Waals surface area contributed by atoms with E-state index in [2.05, 4.69) is 35.6 Å². The van der Waals surface area contributed by atoms with Gasteiger partial charge in [0.1, 0.15) is 0 Å². The molecule has 2 saturated heterocycles. The van der Waals surface area contributed by atoms with E-state index in [1.807, 2.05) is 0 Å². The summed E-state index contributed by atoms with van der Waals surface area (Å²) in [5.41, 5.74) is 0. The van der Waals surface area contributed by atoms with Crippen LogP contribution >= 0.6 is 0 Å². The predicted octanol–water partition coefficient (Wildman–Crippen LogP) is 2.13. The van der Waals surface area contributed by atoms with Crippen LogP contribution in [0.25, 0.3) is 0 Å². The molecule has 2 aliphatic rings. The van der Waals surface area contributed by atoms with Crippen molar-refractivity contribution in [2.24, 2.45) is 5.92 Å². The molecule has 0 unspecified atom stereocenters. The minimum absolute atomic E-state index is 0.742. The van der Waals surface area contributed by atoms with E-state index in [0.717, 1.165) is 12.0 Å². The highest BCUT2D eigenvalue weighted by Gasteiger charge is 2.21. The number of piperazine rings is 1. The van der Waals surface area contributed by atoms with E-state index in [1.165, 1.54) is 71.5 Å². The average Bonchev–Trinajstić information content (AvgIpc) is 2.41. The third-order valence-corrected chi connectivity index (χ3v) is 5.06. The van der Waals surface area contributed by atoms with Crippen LogP contribution in [0.2, 0.25) is 0 Å². The summed E-state index contributed by atoms with van der Waals surface area (Å²) in [7, 11) is 2.24. The third-order valence-electron chi connectivity index (χ3n) is 5.06. The van der Waals surface area contributed by atoms with E-state index < -0.39 is 0 Å². The van der Waals surface area contributed by atoms with Crippen LogP contribution in [-0.2, 0) is 0 Å². The lowest BCUT2D eigenvalue weighted by Crippen LogP contribution is -2.44. The molecule has 3 heteroatoms. The van der Waals surface area contributed by atoms with Crippen LogP contribution in [0.15, 0.2) is 0 Å². The first kappa shape index (κ1) is 15.3. The van der Waals surface area contributed by atoms with Crippen LogP contribution in [-0.4, -0.2) is 73.6 Å². The molecule has 19 heavy (non-hydrogen) atoms. The van der Waals surface area contributed by atoms with E-state index in [0.29, 0.717) is 0 Å². The Bertz CT molecular complexity index is 238. The number of likely N-dealkylation sites (N-methyl/N-ethyl adjacent to an activating group) is 1. The molecule has 0 N–H and O–H groups in total. The Morgan fingerprint density at radius 1 is 0.947 bits per heavy atom. The van der Waals surface area contributed by atoms with Crippen LogP contribution in [0.5, 0.6) is 0 Å². The molecule has 0 atom stereocenters. The SMILES string of the molecule is CC(C)N1CCC(CCCN2CCN(C)CC2)CC1. The molecule has 0 spiro atoms. The van der Waals surface area contributed by atoms with Crippen molar-refractivity contribution in [3.63, 3.8) is 0 Å². The number of rotatable bonds is 5. The summed E-state index contributed by atoms with van der Waals surface area (Å²) in [5.74, 6) is 1.00. The van der Waals surface area contributed by atoms with Gasteiger partial charge < -0.3 is 14.7 Å². The Labute approximate surface area is 119 Å². The highest BCUT2D eigenvalue weighted by atomic mass is 15.2. The van der Waals surface area contributed by atoms with Crippen LogP contribution in [0.4, 0.5) is 0 Å². The molecule has 2 fully saturated rings. The van der Waals surface area contributed by atoms with Crippen molar-refractivity contribution in [2.75, 3.05) is 52.9 Å². The highest BCUT2D eigenvalue weighted by Crippen LogP contribution is 2.23. The number of likely N-dealkylation sites (tertiary alicyclic amines) is 1. The summed E-state index contributed by atoms with van der Waals surface area (Å²) in [4.78, 5) is 7.73. The van der Waals surface area contributed by atoms with Gasteiger partial charge in [0.15, 0.2) is 0 Å². The van der Waals surface area contributed by atoms with Crippen LogP contribution in [0, 0.1) is 5.92 Å². The van der Waals surface area contributed by atoms with Gasteiger partial charge >= 0.3 is 0 Å². The Hall–Kier alpha value is -0.120. The molecule has 2 aliphatic heterocycles. The molecule has 0 bridgehead atoms. The first-order valence-corrected chi connectivity index (χ1v) is 8.30. The quantitative estimate of drug-likeness (QED) is 0.755. The van der Waals surface area contributed by atoms with Crippen molar-refractivity contribution >= 4 is 0 Å². The zero-order chi connectivity index (χ0) is 13.7. The summed E-state index contributed by atoms with van der Waals surface area (Å²) >= 11 is 0. The molecule has 0 radical (unpaired) electrons. The van der Waals surface area contributed by atoms with Crippen LogP contribution in [0.3, 0.4) is 0 Å². The van der Waals surface area contributed by atoms with Crippen molar-refractivity contribution in [1.29, 1.82) is 0 Å².